The fraction of sp³-hybridized carbons (Fsp3) is 0.333. The maximum atomic E-state index is 12.7. The lowest BCUT2D eigenvalue weighted by Crippen LogP contribution is -2.26. The molecule has 3 aromatic carbocycles. The summed E-state index contributed by atoms with van der Waals surface area (Å²) in [6.45, 7) is 2.29. The zero-order chi connectivity index (χ0) is 25.4. The highest BCUT2D eigenvalue weighted by Gasteiger charge is 2.38. The molecular weight excluding hydrogens is 464 g/mol. The first-order valence-corrected chi connectivity index (χ1v) is 13.0. The van der Waals surface area contributed by atoms with Gasteiger partial charge >= 0.3 is 6.09 Å². The molecule has 4 N–H and O–H groups in total. The van der Waals surface area contributed by atoms with Crippen LogP contribution in [0.15, 0.2) is 66.7 Å². The average Bonchev–Trinajstić information content (AvgIpc) is 3.84. The normalized spacial score (nSPS) is 19.8. The predicted octanol–water partition coefficient (Wildman–Crippen LogP) is 5.03. The Hall–Kier alpha value is -3.84. The number of anilines is 2. The van der Waals surface area contributed by atoms with E-state index in [9.17, 15) is 9.59 Å². The van der Waals surface area contributed by atoms with Gasteiger partial charge in [0, 0.05) is 30.6 Å². The van der Waals surface area contributed by atoms with E-state index in [1.807, 2.05) is 24.3 Å². The predicted molar refractivity (Wildman–Crippen MR) is 143 cm³/mol. The lowest BCUT2D eigenvalue weighted by Gasteiger charge is -2.15. The molecule has 2 saturated carbocycles. The molecule has 3 aromatic rings. The number of para-hydroxylation sites is 2. The molecule has 6 rings (SSSR count). The Balaban J connectivity index is 0.993. The van der Waals surface area contributed by atoms with E-state index in [1.54, 1.807) is 23.1 Å². The molecule has 37 heavy (non-hydrogen) atoms. The van der Waals surface area contributed by atoms with Gasteiger partial charge in [-0.05, 0) is 78.2 Å². The number of nitrogens with zero attached hydrogens (tertiary/aromatic N) is 1. The van der Waals surface area contributed by atoms with Crippen LogP contribution in [-0.4, -0.2) is 29.5 Å². The number of rotatable bonds is 8. The van der Waals surface area contributed by atoms with Crippen LogP contribution in [0.5, 0.6) is 0 Å². The number of amides is 2. The Morgan fingerprint density at radius 2 is 1.76 bits per heavy atom. The summed E-state index contributed by atoms with van der Waals surface area (Å²) in [5.74, 6) is 1.28. The number of hydrogen-bond donors (Lipinski definition) is 3. The van der Waals surface area contributed by atoms with E-state index in [1.165, 1.54) is 24.8 Å². The van der Waals surface area contributed by atoms with E-state index in [0.29, 0.717) is 42.0 Å². The zero-order valence-corrected chi connectivity index (χ0v) is 20.8. The van der Waals surface area contributed by atoms with Crippen LogP contribution in [0, 0.1) is 5.92 Å². The molecule has 0 saturated heterocycles. The smallest absolute Gasteiger partial charge is 0.410 e. The van der Waals surface area contributed by atoms with E-state index in [-0.39, 0.29) is 18.6 Å². The topological polar surface area (TPSA) is 96.7 Å². The third kappa shape index (κ3) is 5.47. The van der Waals surface area contributed by atoms with Crippen molar-refractivity contribution in [1.82, 2.24) is 10.2 Å². The Morgan fingerprint density at radius 1 is 0.973 bits per heavy atom. The van der Waals surface area contributed by atoms with Crippen molar-refractivity contribution in [2.24, 2.45) is 5.92 Å². The molecule has 2 amide bonds. The first-order chi connectivity index (χ1) is 18.0. The monoisotopic (exact) mass is 496 g/mol. The maximum absolute atomic E-state index is 12.7. The summed E-state index contributed by atoms with van der Waals surface area (Å²) >= 11 is 0. The number of hydrogen-bond acceptors (Lipinski definition) is 5. The Labute approximate surface area is 217 Å². The summed E-state index contributed by atoms with van der Waals surface area (Å²) in [5.41, 5.74) is 11.9. The summed E-state index contributed by atoms with van der Waals surface area (Å²) in [6, 6.07) is 21.7. The Bertz CT molecular complexity index is 1320. The second-order valence-corrected chi connectivity index (χ2v) is 10.5. The standard InChI is InChI=1S/C30H32N4O3/c31-26-3-1-2-4-27(26)33-29(35)22-11-12-23-16-34(17-24(23)13-22)30(36)37-18-20-7-9-21(10-8-20)25-14-28(25)32-15-19-5-6-19/h1-4,7-13,19,25,28,32H,5-6,14-18,31H2,(H,33,35). The molecule has 2 fully saturated rings. The van der Waals surface area contributed by atoms with Crippen LogP contribution in [0.1, 0.15) is 57.8 Å². The summed E-state index contributed by atoms with van der Waals surface area (Å²) < 4.78 is 5.60. The summed E-state index contributed by atoms with van der Waals surface area (Å²) in [7, 11) is 0. The van der Waals surface area contributed by atoms with E-state index >= 15 is 0 Å². The highest BCUT2D eigenvalue weighted by Crippen LogP contribution is 2.41. The number of carbonyl (C=O) groups excluding carboxylic acids is 2. The van der Waals surface area contributed by atoms with Gasteiger partial charge in [0.2, 0.25) is 0 Å². The fourth-order valence-corrected chi connectivity index (χ4v) is 5.00. The molecule has 0 aromatic heterocycles. The Morgan fingerprint density at radius 3 is 2.54 bits per heavy atom. The van der Waals surface area contributed by atoms with Crippen LogP contribution < -0.4 is 16.4 Å². The molecule has 0 spiro atoms. The molecule has 1 heterocycles. The highest BCUT2D eigenvalue weighted by molar-refractivity contribution is 6.05. The van der Waals surface area contributed by atoms with Crippen LogP contribution in [0.4, 0.5) is 16.2 Å². The second-order valence-electron chi connectivity index (χ2n) is 10.5. The van der Waals surface area contributed by atoms with Crippen molar-refractivity contribution in [1.29, 1.82) is 0 Å². The summed E-state index contributed by atoms with van der Waals surface area (Å²) in [5, 5.41) is 6.53. The number of benzene rings is 3. The molecule has 3 aliphatic rings. The first kappa shape index (κ1) is 23.6. The van der Waals surface area contributed by atoms with Crippen molar-refractivity contribution in [3.63, 3.8) is 0 Å². The minimum atomic E-state index is -0.352. The van der Waals surface area contributed by atoms with E-state index in [0.717, 1.165) is 29.2 Å². The minimum absolute atomic E-state index is 0.235. The van der Waals surface area contributed by atoms with Crippen molar-refractivity contribution in [3.05, 3.63) is 94.5 Å². The van der Waals surface area contributed by atoms with E-state index in [2.05, 4.69) is 34.9 Å². The van der Waals surface area contributed by atoms with Crippen LogP contribution in [0.25, 0.3) is 0 Å². The number of nitrogens with one attached hydrogen (secondary N) is 2. The van der Waals surface area contributed by atoms with Crippen molar-refractivity contribution < 1.29 is 14.3 Å². The quantitative estimate of drug-likeness (QED) is 0.380. The molecule has 1 aliphatic heterocycles. The van der Waals surface area contributed by atoms with Gasteiger partial charge in [-0.3, -0.25) is 9.69 Å². The van der Waals surface area contributed by atoms with Gasteiger partial charge in [0.1, 0.15) is 6.61 Å². The van der Waals surface area contributed by atoms with Crippen LogP contribution in [0.3, 0.4) is 0 Å². The second kappa shape index (κ2) is 9.90. The van der Waals surface area contributed by atoms with Crippen LogP contribution in [-0.2, 0) is 24.4 Å². The summed E-state index contributed by atoms with van der Waals surface area (Å²) in [4.78, 5) is 27.1. The molecule has 2 unspecified atom stereocenters. The number of carbonyl (C=O) groups is 2. The van der Waals surface area contributed by atoms with Gasteiger partial charge in [-0.2, -0.15) is 0 Å². The number of ether oxygens (including phenoxy) is 1. The van der Waals surface area contributed by atoms with Crippen molar-refractivity contribution in [2.45, 2.75) is 50.9 Å². The summed E-state index contributed by atoms with van der Waals surface area (Å²) in [6.07, 6.45) is 3.61. The third-order valence-electron chi connectivity index (χ3n) is 7.58. The molecule has 7 nitrogen and oxygen atoms in total. The van der Waals surface area contributed by atoms with Crippen molar-refractivity contribution in [2.75, 3.05) is 17.6 Å². The first-order valence-electron chi connectivity index (χ1n) is 13.0. The molecule has 190 valence electrons. The average molecular weight is 497 g/mol. The molecule has 7 heteroatoms. The number of fused-ring (bicyclic) bond motifs is 1. The minimum Gasteiger partial charge on any atom is -0.445 e. The number of nitrogens with two attached hydrogens (primary N) is 1. The van der Waals surface area contributed by atoms with Gasteiger partial charge < -0.3 is 21.1 Å². The molecule has 0 bridgehead atoms. The van der Waals surface area contributed by atoms with Gasteiger partial charge in [-0.25, -0.2) is 4.79 Å². The fourth-order valence-electron chi connectivity index (χ4n) is 5.00. The van der Waals surface area contributed by atoms with Crippen molar-refractivity contribution >= 4 is 23.4 Å². The SMILES string of the molecule is Nc1ccccc1NC(=O)c1ccc2c(c1)CN(C(=O)OCc1ccc(C3CC3NCC3CC3)cc1)C2. The largest absolute Gasteiger partial charge is 0.445 e. The van der Waals surface area contributed by atoms with Gasteiger partial charge in [-0.1, -0.05) is 42.5 Å². The molecule has 2 aliphatic carbocycles. The molecule has 0 radical (unpaired) electrons. The molecular formula is C30H32N4O3. The lowest BCUT2D eigenvalue weighted by molar-refractivity contribution is 0.0955. The third-order valence-corrected chi connectivity index (χ3v) is 7.58. The van der Waals surface area contributed by atoms with E-state index in [4.69, 9.17) is 10.5 Å². The Kier molecular flexibility index (Phi) is 6.30. The van der Waals surface area contributed by atoms with Crippen molar-refractivity contribution in [3.8, 4) is 0 Å². The van der Waals surface area contributed by atoms with Gasteiger partial charge in [0.15, 0.2) is 0 Å². The van der Waals surface area contributed by atoms with Gasteiger partial charge in [0.25, 0.3) is 5.91 Å². The highest BCUT2D eigenvalue weighted by atomic mass is 16.6. The number of nitrogen functional groups attached to an aromatic ring is 1. The molecule has 2 atom stereocenters. The van der Waals surface area contributed by atoms with Crippen LogP contribution >= 0.6 is 0 Å². The lowest BCUT2D eigenvalue weighted by atomic mass is 10.1. The van der Waals surface area contributed by atoms with Crippen LogP contribution in [0.2, 0.25) is 0 Å². The van der Waals surface area contributed by atoms with Gasteiger partial charge in [-0.15, -0.1) is 0 Å². The van der Waals surface area contributed by atoms with Gasteiger partial charge in [0.05, 0.1) is 11.4 Å². The van der Waals surface area contributed by atoms with E-state index < -0.39 is 0 Å². The zero-order valence-electron chi connectivity index (χ0n) is 20.8. The maximum Gasteiger partial charge on any atom is 0.410 e.